The Labute approximate surface area is 190 Å². The number of carbonyl (C=O) groups excluding carboxylic acids is 2. The summed E-state index contributed by atoms with van der Waals surface area (Å²) >= 11 is 0. The SMILES string of the molecule is COc1ccccc1CN1C[C@H](C(=O)NCc2ccc(CN3CCCC3)cc2)CCC1=O. The first kappa shape index (κ1) is 22.3. The lowest BCUT2D eigenvalue weighted by Gasteiger charge is -2.32. The minimum Gasteiger partial charge on any atom is -0.496 e. The highest BCUT2D eigenvalue weighted by molar-refractivity contribution is 5.83. The maximum atomic E-state index is 12.8. The number of hydrogen-bond acceptors (Lipinski definition) is 4. The summed E-state index contributed by atoms with van der Waals surface area (Å²) in [6, 6.07) is 16.2. The van der Waals surface area contributed by atoms with Crippen LogP contribution in [0.25, 0.3) is 0 Å². The summed E-state index contributed by atoms with van der Waals surface area (Å²) in [6.07, 6.45) is 3.60. The van der Waals surface area contributed by atoms with Crippen molar-refractivity contribution < 1.29 is 14.3 Å². The molecule has 2 fully saturated rings. The molecule has 6 heteroatoms. The Kier molecular flexibility index (Phi) is 7.43. The molecule has 0 bridgehead atoms. The Morgan fingerprint density at radius 3 is 2.50 bits per heavy atom. The zero-order valence-electron chi connectivity index (χ0n) is 18.9. The van der Waals surface area contributed by atoms with Crippen LogP contribution in [0, 0.1) is 5.92 Å². The molecule has 4 rings (SSSR count). The van der Waals surface area contributed by atoms with Crippen molar-refractivity contribution in [1.82, 2.24) is 15.1 Å². The molecule has 2 amide bonds. The van der Waals surface area contributed by atoms with Crippen LogP contribution in [0.1, 0.15) is 42.4 Å². The minimum atomic E-state index is -0.183. The second-order valence-electron chi connectivity index (χ2n) is 8.84. The highest BCUT2D eigenvalue weighted by atomic mass is 16.5. The van der Waals surface area contributed by atoms with Crippen molar-refractivity contribution in [3.05, 3.63) is 65.2 Å². The number of nitrogens with one attached hydrogen (secondary N) is 1. The summed E-state index contributed by atoms with van der Waals surface area (Å²) in [5, 5.41) is 3.07. The fourth-order valence-corrected chi connectivity index (χ4v) is 4.62. The van der Waals surface area contributed by atoms with Crippen LogP contribution in [0.5, 0.6) is 5.75 Å². The van der Waals surface area contributed by atoms with Crippen LogP contribution in [0.4, 0.5) is 0 Å². The summed E-state index contributed by atoms with van der Waals surface area (Å²) in [7, 11) is 1.63. The van der Waals surface area contributed by atoms with E-state index in [4.69, 9.17) is 4.74 Å². The Balaban J connectivity index is 1.28. The van der Waals surface area contributed by atoms with E-state index in [1.54, 1.807) is 12.0 Å². The van der Waals surface area contributed by atoms with Gasteiger partial charge in [0, 0.05) is 38.2 Å². The van der Waals surface area contributed by atoms with Gasteiger partial charge in [-0.25, -0.2) is 0 Å². The number of para-hydroxylation sites is 1. The molecule has 2 aliphatic rings. The minimum absolute atomic E-state index is 0.0173. The first-order chi connectivity index (χ1) is 15.6. The molecule has 2 aromatic rings. The van der Waals surface area contributed by atoms with Crippen molar-refractivity contribution in [2.75, 3.05) is 26.7 Å². The quantitative estimate of drug-likeness (QED) is 0.691. The highest BCUT2D eigenvalue weighted by Gasteiger charge is 2.30. The van der Waals surface area contributed by atoms with Gasteiger partial charge in [0.25, 0.3) is 0 Å². The zero-order chi connectivity index (χ0) is 22.3. The number of ether oxygens (including phenoxy) is 1. The number of hydrogen-bond donors (Lipinski definition) is 1. The highest BCUT2D eigenvalue weighted by Crippen LogP contribution is 2.24. The van der Waals surface area contributed by atoms with Gasteiger partial charge >= 0.3 is 0 Å². The monoisotopic (exact) mass is 435 g/mol. The first-order valence-corrected chi connectivity index (χ1v) is 11.6. The third-order valence-electron chi connectivity index (χ3n) is 6.52. The summed E-state index contributed by atoms with van der Waals surface area (Å²) in [5.41, 5.74) is 3.37. The lowest BCUT2D eigenvalue weighted by atomic mass is 9.96. The van der Waals surface area contributed by atoms with E-state index < -0.39 is 0 Å². The van der Waals surface area contributed by atoms with Gasteiger partial charge in [-0.2, -0.15) is 0 Å². The Bertz CT molecular complexity index is 922. The van der Waals surface area contributed by atoms with E-state index in [2.05, 4.69) is 34.5 Å². The number of rotatable bonds is 8. The van der Waals surface area contributed by atoms with E-state index in [9.17, 15) is 9.59 Å². The molecule has 2 aliphatic heterocycles. The fraction of sp³-hybridized carbons (Fsp3) is 0.462. The largest absolute Gasteiger partial charge is 0.496 e. The number of nitrogens with zero attached hydrogens (tertiary/aromatic N) is 2. The van der Waals surface area contributed by atoms with E-state index in [0.29, 0.717) is 32.5 Å². The molecule has 2 saturated heterocycles. The number of amides is 2. The lowest BCUT2D eigenvalue weighted by molar-refractivity contribution is -0.139. The molecule has 1 N–H and O–H groups in total. The van der Waals surface area contributed by atoms with Gasteiger partial charge in [0.15, 0.2) is 0 Å². The van der Waals surface area contributed by atoms with Crippen molar-refractivity contribution in [2.45, 2.75) is 45.3 Å². The topological polar surface area (TPSA) is 61.9 Å². The molecule has 1 atom stereocenters. The average Bonchev–Trinajstić information content (AvgIpc) is 3.33. The van der Waals surface area contributed by atoms with Crippen molar-refractivity contribution in [3.8, 4) is 5.75 Å². The van der Waals surface area contributed by atoms with Gasteiger partial charge in [-0.1, -0.05) is 42.5 Å². The number of methoxy groups -OCH3 is 1. The van der Waals surface area contributed by atoms with Gasteiger partial charge in [-0.05, 0) is 49.5 Å². The van der Waals surface area contributed by atoms with Crippen molar-refractivity contribution in [1.29, 1.82) is 0 Å². The Hall–Kier alpha value is -2.86. The second-order valence-corrected chi connectivity index (χ2v) is 8.84. The van der Waals surface area contributed by atoms with Gasteiger partial charge in [-0.15, -0.1) is 0 Å². The Morgan fingerprint density at radius 1 is 1.03 bits per heavy atom. The van der Waals surface area contributed by atoms with Crippen LogP contribution in [0.15, 0.2) is 48.5 Å². The third-order valence-corrected chi connectivity index (χ3v) is 6.52. The molecule has 2 heterocycles. The Morgan fingerprint density at radius 2 is 1.75 bits per heavy atom. The van der Waals surface area contributed by atoms with E-state index in [0.717, 1.165) is 23.4 Å². The van der Waals surface area contributed by atoms with Crippen LogP contribution in [0.3, 0.4) is 0 Å². The smallest absolute Gasteiger partial charge is 0.225 e. The van der Waals surface area contributed by atoms with Gasteiger partial charge < -0.3 is 15.0 Å². The molecule has 6 nitrogen and oxygen atoms in total. The van der Waals surface area contributed by atoms with Crippen LogP contribution in [0.2, 0.25) is 0 Å². The second kappa shape index (κ2) is 10.6. The first-order valence-electron chi connectivity index (χ1n) is 11.6. The molecule has 32 heavy (non-hydrogen) atoms. The zero-order valence-corrected chi connectivity index (χ0v) is 18.9. The van der Waals surface area contributed by atoms with Gasteiger partial charge in [-0.3, -0.25) is 14.5 Å². The van der Waals surface area contributed by atoms with Crippen LogP contribution >= 0.6 is 0 Å². The molecule has 0 spiro atoms. The number of piperidine rings is 1. The average molecular weight is 436 g/mol. The standard InChI is InChI=1S/C26H33N3O3/c1-32-24-7-3-2-6-22(24)18-29-19-23(12-13-25(29)30)26(31)27-16-20-8-10-21(11-9-20)17-28-14-4-5-15-28/h2-3,6-11,23H,4-5,12-19H2,1H3,(H,27,31)/t23-/m1/s1. The van der Waals surface area contributed by atoms with Crippen molar-refractivity contribution in [2.24, 2.45) is 5.92 Å². The molecule has 0 radical (unpaired) electrons. The van der Waals surface area contributed by atoms with E-state index in [1.807, 2.05) is 24.3 Å². The van der Waals surface area contributed by atoms with E-state index in [1.165, 1.54) is 31.5 Å². The molecule has 0 saturated carbocycles. The summed E-state index contributed by atoms with van der Waals surface area (Å²) in [6.45, 7) is 4.80. The summed E-state index contributed by atoms with van der Waals surface area (Å²) in [4.78, 5) is 29.5. The summed E-state index contributed by atoms with van der Waals surface area (Å²) < 4.78 is 5.41. The predicted molar refractivity (Wildman–Crippen MR) is 124 cm³/mol. The van der Waals surface area contributed by atoms with Gasteiger partial charge in [0.05, 0.1) is 13.0 Å². The molecule has 0 aliphatic carbocycles. The number of likely N-dealkylation sites (tertiary alicyclic amines) is 2. The van der Waals surface area contributed by atoms with E-state index in [-0.39, 0.29) is 17.7 Å². The van der Waals surface area contributed by atoms with Crippen molar-refractivity contribution in [3.63, 3.8) is 0 Å². The molecular weight excluding hydrogens is 402 g/mol. The van der Waals surface area contributed by atoms with Crippen molar-refractivity contribution >= 4 is 11.8 Å². The molecular formula is C26H33N3O3. The van der Waals surface area contributed by atoms with Crippen LogP contribution in [-0.4, -0.2) is 48.4 Å². The normalized spacial score (nSPS) is 19.2. The molecule has 2 aromatic carbocycles. The maximum absolute atomic E-state index is 12.8. The summed E-state index contributed by atoms with van der Waals surface area (Å²) in [5.74, 6) is 0.689. The van der Waals surface area contributed by atoms with Gasteiger partial charge in [0.2, 0.25) is 11.8 Å². The number of carbonyl (C=O) groups is 2. The predicted octanol–water partition coefficient (Wildman–Crippen LogP) is 3.35. The third kappa shape index (κ3) is 5.68. The molecule has 170 valence electrons. The molecule has 0 unspecified atom stereocenters. The van der Waals surface area contributed by atoms with Gasteiger partial charge in [0.1, 0.15) is 5.75 Å². The molecule has 0 aromatic heterocycles. The van der Waals surface area contributed by atoms with Crippen LogP contribution in [-0.2, 0) is 29.2 Å². The maximum Gasteiger partial charge on any atom is 0.225 e. The lowest BCUT2D eigenvalue weighted by Crippen LogP contribution is -2.45. The fourth-order valence-electron chi connectivity index (χ4n) is 4.62. The van der Waals surface area contributed by atoms with Crippen LogP contribution < -0.4 is 10.1 Å². The number of benzene rings is 2. The van der Waals surface area contributed by atoms with E-state index >= 15 is 0 Å².